The Balaban J connectivity index is 2.33. The molecule has 4 heteroatoms. The molecule has 1 N–H and O–H groups in total. The minimum atomic E-state index is -0.839. The van der Waals surface area contributed by atoms with Gasteiger partial charge in [-0.2, -0.15) is 5.10 Å². The van der Waals surface area contributed by atoms with Crippen molar-refractivity contribution in [3.05, 3.63) is 18.0 Å². The summed E-state index contributed by atoms with van der Waals surface area (Å²) >= 11 is 0. The fraction of sp³-hybridized carbons (Fsp3) is 0.667. The van der Waals surface area contributed by atoms with Crippen LogP contribution in [0.1, 0.15) is 12.5 Å². The van der Waals surface area contributed by atoms with Crippen LogP contribution in [0, 0.1) is 5.92 Å². The number of hydrogen-bond donors (Lipinski definition) is 1. The van der Waals surface area contributed by atoms with E-state index in [0.29, 0.717) is 13.2 Å². The quantitative estimate of drug-likeness (QED) is 0.678. The lowest BCUT2D eigenvalue weighted by Crippen LogP contribution is -2.32. The first-order chi connectivity index (χ1) is 6.13. The number of aryl methyl sites for hydroxylation is 1. The molecule has 0 aromatic carbocycles. The Bertz CT molecular complexity index is 310. The van der Waals surface area contributed by atoms with Gasteiger partial charge in [-0.15, -0.1) is 0 Å². The highest BCUT2D eigenvalue weighted by Gasteiger charge is 2.41. The minimum absolute atomic E-state index is 0.136. The van der Waals surface area contributed by atoms with Crippen molar-refractivity contribution < 1.29 is 9.84 Å². The molecule has 0 amide bonds. The third kappa shape index (κ3) is 1.26. The molecule has 0 aliphatic carbocycles. The van der Waals surface area contributed by atoms with Gasteiger partial charge in [0.25, 0.3) is 0 Å². The summed E-state index contributed by atoms with van der Waals surface area (Å²) in [5.74, 6) is 0.136. The maximum absolute atomic E-state index is 10.3. The van der Waals surface area contributed by atoms with Gasteiger partial charge < -0.3 is 9.84 Å². The highest BCUT2D eigenvalue weighted by molar-refractivity contribution is 5.18. The molecule has 0 radical (unpaired) electrons. The molecule has 13 heavy (non-hydrogen) atoms. The summed E-state index contributed by atoms with van der Waals surface area (Å²) in [4.78, 5) is 0. The van der Waals surface area contributed by atoms with Gasteiger partial charge in [-0.3, -0.25) is 4.68 Å². The van der Waals surface area contributed by atoms with Gasteiger partial charge in [0.05, 0.1) is 19.4 Å². The molecule has 1 aliphatic rings. The highest BCUT2D eigenvalue weighted by Crippen LogP contribution is 2.34. The molecule has 1 aromatic rings. The first-order valence-corrected chi connectivity index (χ1v) is 4.42. The fourth-order valence-corrected chi connectivity index (χ4v) is 1.68. The first kappa shape index (κ1) is 8.72. The summed E-state index contributed by atoms with van der Waals surface area (Å²) in [7, 11) is 1.84. The van der Waals surface area contributed by atoms with E-state index in [9.17, 15) is 5.11 Å². The summed E-state index contributed by atoms with van der Waals surface area (Å²) in [6.45, 7) is 2.98. The average Bonchev–Trinajstić information content (AvgIpc) is 2.62. The van der Waals surface area contributed by atoms with Crippen molar-refractivity contribution in [2.75, 3.05) is 13.2 Å². The zero-order valence-corrected chi connectivity index (χ0v) is 7.90. The SMILES string of the molecule is CC1COCC1(O)c1cnn(C)c1. The van der Waals surface area contributed by atoms with Gasteiger partial charge in [0.2, 0.25) is 0 Å². The molecule has 0 bridgehead atoms. The van der Waals surface area contributed by atoms with Crippen LogP contribution in [-0.2, 0) is 17.4 Å². The van der Waals surface area contributed by atoms with Crippen LogP contribution in [0.15, 0.2) is 12.4 Å². The van der Waals surface area contributed by atoms with Gasteiger partial charge in [0.15, 0.2) is 0 Å². The molecular formula is C9H14N2O2. The van der Waals surface area contributed by atoms with E-state index >= 15 is 0 Å². The van der Waals surface area contributed by atoms with Crippen molar-refractivity contribution in [3.8, 4) is 0 Å². The summed E-state index contributed by atoms with van der Waals surface area (Å²) in [5, 5.41) is 14.3. The number of aromatic nitrogens is 2. The number of ether oxygens (including phenoxy) is 1. The van der Waals surface area contributed by atoms with Gasteiger partial charge in [0, 0.05) is 24.7 Å². The van der Waals surface area contributed by atoms with Crippen molar-refractivity contribution in [2.24, 2.45) is 13.0 Å². The third-order valence-corrected chi connectivity index (χ3v) is 2.71. The zero-order chi connectivity index (χ0) is 9.47. The molecule has 0 spiro atoms. The predicted molar refractivity (Wildman–Crippen MR) is 47.1 cm³/mol. The van der Waals surface area contributed by atoms with E-state index in [-0.39, 0.29) is 5.92 Å². The van der Waals surface area contributed by atoms with E-state index in [4.69, 9.17) is 4.74 Å². The zero-order valence-electron chi connectivity index (χ0n) is 7.90. The lowest BCUT2D eigenvalue weighted by atomic mass is 9.87. The van der Waals surface area contributed by atoms with E-state index in [1.165, 1.54) is 0 Å². The van der Waals surface area contributed by atoms with Crippen LogP contribution in [0.5, 0.6) is 0 Å². The number of hydrogen-bond acceptors (Lipinski definition) is 3. The highest BCUT2D eigenvalue weighted by atomic mass is 16.5. The molecule has 1 saturated heterocycles. The Kier molecular flexibility index (Phi) is 1.89. The molecule has 2 atom stereocenters. The molecule has 2 unspecified atom stereocenters. The number of rotatable bonds is 1. The van der Waals surface area contributed by atoms with E-state index in [1.807, 2.05) is 20.2 Å². The first-order valence-electron chi connectivity index (χ1n) is 4.42. The standard InChI is InChI=1S/C9H14N2O2/c1-7-5-13-6-9(7,12)8-3-10-11(2)4-8/h3-4,7,12H,5-6H2,1-2H3. The van der Waals surface area contributed by atoms with Crippen molar-refractivity contribution in [1.29, 1.82) is 0 Å². The van der Waals surface area contributed by atoms with Crippen LogP contribution in [0.3, 0.4) is 0 Å². The monoisotopic (exact) mass is 182 g/mol. The van der Waals surface area contributed by atoms with Crippen LogP contribution in [0.4, 0.5) is 0 Å². The molecule has 1 fully saturated rings. The summed E-state index contributed by atoms with van der Waals surface area (Å²) in [6, 6.07) is 0. The van der Waals surface area contributed by atoms with Gasteiger partial charge in [-0.25, -0.2) is 0 Å². The van der Waals surface area contributed by atoms with Crippen molar-refractivity contribution in [3.63, 3.8) is 0 Å². The van der Waals surface area contributed by atoms with Gasteiger partial charge in [-0.05, 0) is 0 Å². The minimum Gasteiger partial charge on any atom is -0.382 e. The molecule has 72 valence electrons. The second-order valence-corrected chi connectivity index (χ2v) is 3.74. The normalized spacial score (nSPS) is 33.9. The molecule has 4 nitrogen and oxygen atoms in total. The topological polar surface area (TPSA) is 47.3 Å². The van der Waals surface area contributed by atoms with E-state index in [1.54, 1.807) is 10.9 Å². The summed E-state index contributed by atoms with van der Waals surface area (Å²) in [6.07, 6.45) is 3.54. The predicted octanol–water partition coefficient (Wildman–Crippen LogP) is 0.274. The molecular weight excluding hydrogens is 168 g/mol. The van der Waals surface area contributed by atoms with Gasteiger partial charge >= 0.3 is 0 Å². The second-order valence-electron chi connectivity index (χ2n) is 3.74. The summed E-state index contributed by atoms with van der Waals surface area (Å²) in [5.41, 5.74) is 0.00819. The average molecular weight is 182 g/mol. The summed E-state index contributed by atoms with van der Waals surface area (Å²) < 4.78 is 6.94. The van der Waals surface area contributed by atoms with Crippen LogP contribution in [0.25, 0.3) is 0 Å². The van der Waals surface area contributed by atoms with Crippen LogP contribution in [0.2, 0.25) is 0 Å². The lowest BCUT2D eigenvalue weighted by molar-refractivity contribution is 0.000762. The van der Waals surface area contributed by atoms with Gasteiger partial charge in [-0.1, -0.05) is 6.92 Å². The van der Waals surface area contributed by atoms with Crippen molar-refractivity contribution in [1.82, 2.24) is 9.78 Å². The smallest absolute Gasteiger partial charge is 0.121 e. The Hall–Kier alpha value is -0.870. The number of aliphatic hydroxyl groups is 1. The number of nitrogens with zero attached hydrogens (tertiary/aromatic N) is 2. The Morgan fingerprint density at radius 2 is 2.54 bits per heavy atom. The molecule has 0 saturated carbocycles. The fourth-order valence-electron chi connectivity index (χ4n) is 1.68. The molecule has 1 aromatic heterocycles. The van der Waals surface area contributed by atoms with Crippen LogP contribution >= 0.6 is 0 Å². The van der Waals surface area contributed by atoms with E-state index < -0.39 is 5.60 Å². The maximum Gasteiger partial charge on any atom is 0.121 e. The Morgan fingerprint density at radius 3 is 3.00 bits per heavy atom. The third-order valence-electron chi connectivity index (χ3n) is 2.71. The van der Waals surface area contributed by atoms with E-state index in [0.717, 1.165) is 5.56 Å². The van der Waals surface area contributed by atoms with E-state index in [2.05, 4.69) is 5.10 Å². The largest absolute Gasteiger partial charge is 0.382 e. The van der Waals surface area contributed by atoms with Gasteiger partial charge in [0.1, 0.15) is 5.60 Å². The van der Waals surface area contributed by atoms with Crippen LogP contribution in [-0.4, -0.2) is 28.1 Å². The van der Waals surface area contributed by atoms with Crippen molar-refractivity contribution in [2.45, 2.75) is 12.5 Å². The lowest BCUT2D eigenvalue weighted by Gasteiger charge is -2.23. The molecule has 1 aliphatic heterocycles. The molecule has 2 heterocycles. The maximum atomic E-state index is 10.3. The molecule has 2 rings (SSSR count). The Morgan fingerprint density at radius 1 is 1.77 bits per heavy atom. The van der Waals surface area contributed by atoms with Crippen molar-refractivity contribution >= 4 is 0 Å². The second kappa shape index (κ2) is 2.82. The Labute approximate surface area is 77.1 Å². The van der Waals surface area contributed by atoms with Crippen LogP contribution < -0.4 is 0 Å².